The van der Waals surface area contributed by atoms with E-state index in [4.69, 9.17) is 0 Å². The Bertz CT molecular complexity index is 3700. The van der Waals surface area contributed by atoms with Crippen molar-refractivity contribution in [3.8, 4) is 22.3 Å². The minimum Gasteiger partial charge on any atom is -0.310 e. The van der Waals surface area contributed by atoms with Gasteiger partial charge in [0.2, 0.25) is 0 Å². The zero-order valence-electron chi connectivity index (χ0n) is 37.7. The van der Waals surface area contributed by atoms with Gasteiger partial charge in [-0.3, -0.25) is 0 Å². The first-order valence-corrected chi connectivity index (χ1v) is 25.1. The Balaban J connectivity index is 0.951. The van der Waals surface area contributed by atoms with Crippen LogP contribution < -0.4 is 9.80 Å². The van der Waals surface area contributed by atoms with E-state index >= 15 is 0 Å². The van der Waals surface area contributed by atoms with E-state index in [-0.39, 0.29) is 5.41 Å². The van der Waals surface area contributed by atoms with Crippen LogP contribution in [0.4, 0.5) is 34.1 Å². The molecule has 14 rings (SSSR count). The van der Waals surface area contributed by atoms with Gasteiger partial charge in [-0.15, -0.1) is 11.3 Å². The predicted molar refractivity (Wildman–Crippen MR) is 288 cm³/mol. The van der Waals surface area contributed by atoms with Crippen molar-refractivity contribution in [2.45, 2.75) is 31.1 Å². The highest BCUT2D eigenvalue weighted by atomic mass is 32.1. The molecule has 0 amide bonds. The molecular formula is C65H48N2S. The van der Waals surface area contributed by atoms with Gasteiger partial charge in [-0.2, -0.15) is 0 Å². The topological polar surface area (TPSA) is 6.48 Å². The van der Waals surface area contributed by atoms with Gasteiger partial charge in [-0.25, -0.2) is 0 Å². The van der Waals surface area contributed by atoms with Crippen LogP contribution in [0.3, 0.4) is 0 Å². The summed E-state index contributed by atoms with van der Waals surface area (Å²) in [6.45, 7) is 0. The highest BCUT2D eigenvalue weighted by molar-refractivity contribution is 7.25. The largest absolute Gasteiger partial charge is 0.310 e. The van der Waals surface area contributed by atoms with Crippen LogP contribution in [-0.2, 0) is 18.3 Å². The number of fused-ring (bicyclic) bond motifs is 6. The molecule has 1 aromatic heterocycles. The Morgan fingerprint density at radius 2 is 0.912 bits per heavy atom. The monoisotopic (exact) mass is 888 g/mol. The maximum Gasteiger partial charge on any atom is 0.0505 e. The quantitative estimate of drug-likeness (QED) is 0.150. The third-order valence-electron chi connectivity index (χ3n) is 15.7. The molecule has 68 heavy (non-hydrogen) atoms. The Hall–Kier alpha value is -7.72. The molecule has 1 saturated carbocycles. The lowest BCUT2D eigenvalue weighted by molar-refractivity contribution is 0.350. The number of para-hydroxylation sites is 2. The summed E-state index contributed by atoms with van der Waals surface area (Å²) in [4.78, 5) is 5.15. The standard InChI is InChI=1S/C65H48N2S/c1-4-17-45(18-5-1)62-54-25-11-10-16-43(54)32-38-55(62)44-30-35-52(36-31-44)66(50-21-6-2-7-22-50)58-27-14-19-46-40-48-33-34-49-41-47-20-15-28-59(64(47)65(48,49)63(46)58)67(51-23-8-3-9-24-51)53-37-39-57-56-26-12-13-29-60(56)68-61(57)42-53/h1-32,35-39,42,48-49H,33-34,40-41H2. The summed E-state index contributed by atoms with van der Waals surface area (Å²) in [6, 6.07) is 86.3. The third kappa shape index (κ3) is 5.95. The number of nitrogens with zero attached hydrogens (tertiary/aromatic N) is 2. The lowest BCUT2D eigenvalue weighted by Crippen LogP contribution is -2.34. The molecule has 1 spiro atoms. The zero-order valence-corrected chi connectivity index (χ0v) is 38.5. The van der Waals surface area contributed by atoms with Gasteiger partial charge >= 0.3 is 0 Å². The van der Waals surface area contributed by atoms with Crippen molar-refractivity contribution in [2.24, 2.45) is 11.8 Å². The summed E-state index contributed by atoms with van der Waals surface area (Å²) < 4.78 is 2.65. The fraction of sp³-hybridized carbons (Fsp3) is 0.108. The van der Waals surface area contributed by atoms with Crippen molar-refractivity contribution in [3.05, 3.63) is 253 Å². The van der Waals surface area contributed by atoms with E-state index in [1.165, 1.54) is 122 Å². The fourth-order valence-electron chi connectivity index (χ4n) is 13.1. The second-order valence-electron chi connectivity index (χ2n) is 19.1. The van der Waals surface area contributed by atoms with Gasteiger partial charge in [0.05, 0.1) is 11.4 Å². The van der Waals surface area contributed by atoms with E-state index < -0.39 is 0 Å². The molecule has 2 nitrogen and oxygen atoms in total. The van der Waals surface area contributed by atoms with Crippen molar-refractivity contribution in [1.29, 1.82) is 0 Å². The first-order chi connectivity index (χ1) is 33.7. The lowest BCUT2D eigenvalue weighted by atomic mass is 9.68. The normalized spacial score (nSPS) is 17.8. The second kappa shape index (κ2) is 15.7. The maximum atomic E-state index is 2.58. The molecule has 0 radical (unpaired) electrons. The van der Waals surface area contributed by atoms with Crippen LogP contribution in [0.1, 0.15) is 35.1 Å². The van der Waals surface area contributed by atoms with E-state index in [0.29, 0.717) is 11.8 Å². The van der Waals surface area contributed by atoms with Gasteiger partial charge < -0.3 is 9.80 Å². The van der Waals surface area contributed by atoms with E-state index in [9.17, 15) is 0 Å². The summed E-state index contributed by atoms with van der Waals surface area (Å²) in [5.41, 5.74) is 18.2. The predicted octanol–water partition coefficient (Wildman–Crippen LogP) is 17.9. The van der Waals surface area contributed by atoms with E-state index in [2.05, 4.69) is 240 Å². The van der Waals surface area contributed by atoms with Gasteiger partial charge in [0.1, 0.15) is 0 Å². The Morgan fingerprint density at radius 3 is 1.57 bits per heavy atom. The van der Waals surface area contributed by atoms with E-state index in [0.717, 1.165) is 12.8 Å². The molecule has 0 saturated heterocycles. The van der Waals surface area contributed by atoms with Gasteiger partial charge in [-0.1, -0.05) is 164 Å². The van der Waals surface area contributed by atoms with Crippen LogP contribution in [0.5, 0.6) is 0 Å². The molecule has 10 aromatic carbocycles. The number of thiophene rings is 1. The molecule has 11 aromatic rings. The van der Waals surface area contributed by atoms with Gasteiger partial charge in [0, 0.05) is 48.3 Å². The van der Waals surface area contributed by atoms with Crippen molar-refractivity contribution < 1.29 is 0 Å². The number of hydrogen-bond acceptors (Lipinski definition) is 3. The average molecular weight is 889 g/mol. The number of rotatable bonds is 8. The van der Waals surface area contributed by atoms with Crippen LogP contribution in [0.15, 0.2) is 231 Å². The summed E-state index contributed by atoms with van der Waals surface area (Å²) in [5, 5.41) is 5.18. The molecule has 0 bridgehead atoms. The minimum atomic E-state index is -0.144. The Kier molecular flexibility index (Phi) is 9.10. The first-order valence-electron chi connectivity index (χ1n) is 24.3. The van der Waals surface area contributed by atoms with E-state index in [1.54, 1.807) is 0 Å². The Morgan fingerprint density at radius 1 is 0.382 bits per heavy atom. The number of hydrogen-bond donors (Lipinski definition) is 0. The summed E-state index contributed by atoms with van der Waals surface area (Å²) >= 11 is 1.90. The van der Waals surface area contributed by atoms with Gasteiger partial charge in [-0.05, 0) is 160 Å². The number of benzene rings is 10. The average Bonchev–Trinajstić information content (AvgIpc) is 4.14. The molecular weight excluding hydrogens is 841 g/mol. The summed E-state index contributed by atoms with van der Waals surface area (Å²) in [6.07, 6.45) is 4.67. The van der Waals surface area contributed by atoms with Gasteiger partial charge in [0.25, 0.3) is 0 Å². The molecule has 324 valence electrons. The molecule has 0 aliphatic heterocycles. The highest BCUT2D eigenvalue weighted by Gasteiger charge is 2.62. The SMILES string of the molecule is c1ccc(-c2c(-c3ccc(N(c4ccccc4)c4cccc5c4C46c7c(cccc7N(c7ccccc7)c7ccc8c(c7)sc7ccccc78)CC4CCC6C5)cc3)ccc3ccccc23)cc1. The van der Waals surface area contributed by atoms with Crippen LogP contribution in [-0.4, -0.2) is 0 Å². The maximum absolute atomic E-state index is 2.58. The minimum absolute atomic E-state index is 0.144. The molecule has 3 aliphatic carbocycles. The molecule has 3 heteroatoms. The third-order valence-corrected chi connectivity index (χ3v) is 16.9. The molecule has 1 fully saturated rings. The second-order valence-corrected chi connectivity index (χ2v) is 20.2. The van der Waals surface area contributed by atoms with Crippen molar-refractivity contribution in [3.63, 3.8) is 0 Å². The smallest absolute Gasteiger partial charge is 0.0505 e. The molecule has 3 unspecified atom stereocenters. The summed E-state index contributed by atoms with van der Waals surface area (Å²) in [5.74, 6) is 1.02. The zero-order chi connectivity index (χ0) is 44.8. The van der Waals surface area contributed by atoms with Crippen LogP contribution >= 0.6 is 11.3 Å². The first kappa shape index (κ1) is 39.4. The van der Waals surface area contributed by atoms with Crippen molar-refractivity contribution in [1.82, 2.24) is 0 Å². The van der Waals surface area contributed by atoms with Crippen LogP contribution in [0, 0.1) is 11.8 Å². The van der Waals surface area contributed by atoms with Crippen molar-refractivity contribution in [2.75, 3.05) is 9.80 Å². The lowest BCUT2D eigenvalue weighted by Gasteiger charge is -2.40. The fourth-order valence-corrected chi connectivity index (χ4v) is 14.3. The van der Waals surface area contributed by atoms with E-state index in [1.807, 2.05) is 11.3 Å². The van der Waals surface area contributed by atoms with Gasteiger partial charge in [0.15, 0.2) is 0 Å². The molecule has 0 N–H and O–H groups in total. The molecule has 1 heterocycles. The van der Waals surface area contributed by atoms with Crippen molar-refractivity contribution >= 4 is 76.4 Å². The number of anilines is 6. The van der Waals surface area contributed by atoms with Crippen LogP contribution in [0.25, 0.3) is 53.2 Å². The molecule has 3 atom stereocenters. The summed E-state index contributed by atoms with van der Waals surface area (Å²) in [7, 11) is 0. The highest BCUT2D eigenvalue weighted by Crippen LogP contribution is 2.69. The van der Waals surface area contributed by atoms with Crippen LogP contribution in [0.2, 0.25) is 0 Å². The molecule has 3 aliphatic rings. The Labute approximate surface area is 402 Å².